The van der Waals surface area contributed by atoms with E-state index in [1.54, 1.807) is 6.92 Å². The highest BCUT2D eigenvalue weighted by Crippen LogP contribution is 2.28. The normalized spacial score (nSPS) is 10.8. The Balaban J connectivity index is 2.13. The molecular weight excluding hydrogens is 302 g/mol. The van der Waals surface area contributed by atoms with Crippen molar-refractivity contribution in [1.82, 2.24) is 4.73 Å². The predicted molar refractivity (Wildman–Crippen MR) is 95.2 cm³/mol. The van der Waals surface area contributed by atoms with Gasteiger partial charge in [0.2, 0.25) is 5.69 Å². The summed E-state index contributed by atoms with van der Waals surface area (Å²) in [6.45, 7) is 3.72. The highest BCUT2D eigenvalue weighted by atomic mass is 16.5. The topological polar surface area (TPSA) is 55.3 Å². The molecule has 0 unspecified atom stereocenters. The van der Waals surface area contributed by atoms with Gasteiger partial charge in [-0.1, -0.05) is 29.8 Å². The Bertz CT molecular complexity index is 863. The van der Waals surface area contributed by atoms with Crippen LogP contribution in [0.4, 0.5) is 5.69 Å². The minimum Gasteiger partial charge on any atom is -0.710 e. The Kier molecular flexibility index (Phi) is 3.93. The van der Waals surface area contributed by atoms with Gasteiger partial charge in [-0.05, 0) is 35.9 Å². The van der Waals surface area contributed by atoms with E-state index < -0.39 is 0 Å². The maximum Gasteiger partial charge on any atom is 0.332 e. The Morgan fingerprint density at radius 1 is 0.917 bits per heavy atom. The summed E-state index contributed by atoms with van der Waals surface area (Å²) < 4.78 is 1.76. The van der Waals surface area contributed by atoms with Crippen LogP contribution in [-0.2, 0) is 0 Å². The van der Waals surface area contributed by atoms with Gasteiger partial charge >= 0.3 is 5.82 Å². The molecule has 124 valence electrons. The van der Waals surface area contributed by atoms with Crippen molar-refractivity contribution in [1.29, 1.82) is 0 Å². The summed E-state index contributed by atoms with van der Waals surface area (Å²) in [5, 5.41) is 23.2. The molecule has 0 saturated carbocycles. The van der Waals surface area contributed by atoms with Crippen molar-refractivity contribution in [2.45, 2.75) is 13.8 Å². The van der Waals surface area contributed by atoms with Gasteiger partial charge in [-0.2, -0.15) is 0 Å². The third kappa shape index (κ3) is 2.58. The number of hydrogen-bond acceptors (Lipinski definition) is 3. The molecule has 1 N–H and O–H groups in total. The molecule has 24 heavy (non-hydrogen) atoms. The predicted octanol–water partition coefficient (Wildman–Crippen LogP) is 3.38. The zero-order chi connectivity index (χ0) is 17.4. The van der Waals surface area contributed by atoms with Gasteiger partial charge in [0.25, 0.3) is 0 Å². The fraction of sp³-hybridized carbons (Fsp3) is 0.211. The molecule has 5 heteroatoms. The van der Waals surface area contributed by atoms with E-state index in [9.17, 15) is 10.4 Å². The molecule has 0 amide bonds. The van der Waals surface area contributed by atoms with Crippen LogP contribution in [0, 0.1) is 19.1 Å². The first kappa shape index (κ1) is 15.9. The quantitative estimate of drug-likeness (QED) is 0.457. The van der Waals surface area contributed by atoms with E-state index in [1.165, 1.54) is 0 Å². The van der Waals surface area contributed by atoms with Crippen LogP contribution in [-0.4, -0.2) is 24.0 Å². The van der Waals surface area contributed by atoms with Crippen LogP contribution in [0.2, 0.25) is 0 Å². The van der Waals surface area contributed by atoms with Crippen LogP contribution < -0.4 is 9.63 Å². The molecule has 0 radical (unpaired) electrons. The van der Waals surface area contributed by atoms with Gasteiger partial charge in [-0.15, -0.1) is 0 Å². The van der Waals surface area contributed by atoms with E-state index in [-0.39, 0.29) is 5.82 Å². The number of hydrogen-bond donors (Lipinski definition) is 1. The second-order valence-electron chi connectivity index (χ2n) is 6.17. The molecule has 0 spiro atoms. The third-order valence-corrected chi connectivity index (χ3v) is 4.22. The Morgan fingerprint density at radius 2 is 1.46 bits per heavy atom. The van der Waals surface area contributed by atoms with Gasteiger partial charge in [-0.25, -0.2) is 4.73 Å². The molecule has 3 aromatic rings. The largest absolute Gasteiger partial charge is 0.710 e. The molecule has 0 aliphatic heterocycles. The summed E-state index contributed by atoms with van der Waals surface area (Å²) in [4.78, 5) is 1.98. The number of aromatic nitrogens is 2. The van der Waals surface area contributed by atoms with E-state index in [1.807, 2.05) is 74.4 Å². The lowest BCUT2D eigenvalue weighted by molar-refractivity contribution is -0.600. The average Bonchev–Trinajstić information content (AvgIpc) is 2.78. The summed E-state index contributed by atoms with van der Waals surface area (Å²) in [6.07, 6.45) is 0. The molecule has 0 bridgehead atoms. The van der Waals surface area contributed by atoms with Gasteiger partial charge < -0.3 is 15.3 Å². The van der Waals surface area contributed by atoms with E-state index in [2.05, 4.69) is 0 Å². The average molecular weight is 323 g/mol. The van der Waals surface area contributed by atoms with Crippen molar-refractivity contribution in [3.63, 3.8) is 0 Å². The molecule has 0 fully saturated rings. The van der Waals surface area contributed by atoms with E-state index in [0.717, 1.165) is 26.3 Å². The molecule has 2 aromatic carbocycles. The van der Waals surface area contributed by atoms with Gasteiger partial charge in [-0.3, -0.25) is 0 Å². The monoisotopic (exact) mass is 323 g/mol. The van der Waals surface area contributed by atoms with E-state index >= 15 is 0 Å². The SMILES string of the molecule is Cc1ccc(-c2c(C)[n+]([O-])c(-c3ccc(N(C)C)cc3)n2O)cc1. The summed E-state index contributed by atoms with van der Waals surface area (Å²) in [5.41, 5.74) is 4.61. The smallest absolute Gasteiger partial charge is 0.332 e. The van der Waals surface area contributed by atoms with Gasteiger partial charge in [0.05, 0.1) is 5.56 Å². The second-order valence-corrected chi connectivity index (χ2v) is 6.17. The first-order valence-electron chi connectivity index (χ1n) is 7.79. The number of aryl methyl sites for hydroxylation is 1. The fourth-order valence-electron chi connectivity index (χ4n) is 2.79. The third-order valence-electron chi connectivity index (χ3n) is 4.22. The standard InChI is InChI=1S/C19H21N3O2/c1-13-5-7-15(8-6-13)18-14(2)21(23)19(22(18)24)16-9-11-17(12-10-16)20(3)4/h5-12,24H,1-4H3. The molecule has 0 aliphatic carbocycles. The molecule has 3 rings (SSSR count). The zero-order valence-electron chi connectivity index (χ0n) is 14.3. The number of anilines is 1. The van der Waals surface area contributed by atoms with Crippen LogP contribution in [0.5, 0.6) is 0 Å². The maximum absolute atomic E-state index is 12.6. The Morgan fingerprint density at radius 3 is 2.00 bits per heavy atom. The Hall–Kier alpha value is -2.95. The van der Waals surface area contributed by atoms with Crippen LogP contribution in [0.25, 0.3) is 22.6 Å². The van der Waals surface area contributed by atoms with Crippen molar-refractivity contribution < 1.29 is 9.94 Å². The lowest BCUT2D eigenvalue weighted by atomic mass is 10.1. The second kappa shape index (κ2) is 5.92. The van der Waals surface area contributed by atoms with Crippen molar-refractivity contribution in [3.8, 4) is 22.6 Å². The molecule has 5 nitrogen and oxygen atoms in total. The summed E-state index contributed by atoms with van der Waals surface area (Å²) >= 11 is 0. The first-order chi connectivity index (χ1) is 11.4. The minimum atomic E-state index is 0.216. The molecular formula is C19H21N3O2. The lowest BCUT2D eigenvalue weighted by Gasteiger charge is -2.12. The zero-order valence-corrected chi connectivity index (χ0v) is 14.3. The number of nitrogens with zero attached hydrogens (tertiary/aromatic N) is 3. The van der Waals surface area contributed by atoms with Crippen molar-refractivity contribution in [3.05, 3.63) is 65.0 Å². The number of imidazole rings is 1. The molecule has 1 aromatic heterocycles. The van der Waals surface area contributed by atoms with Gasteiger partial charge in [0, 0.05) is 32.3 Å². The summed E-state index contributed by atoms with van der Waals surface area (Å²) in [7, 11) is 3.91. The van der Waals surface area contributed by atoms with E-state index in [0.29, 0.717) is 17.0 Å². The van der Waals surface area contributed by atoms with Gasteiger partial charge in [0.15, 0.2) is 5.69 Å². The first-order valence-corrected chi connectivity index (χ1v) is 7.79. The number of rotatable bonds is 3. The molecule has 1 heterocycles. The Labute approximate surface area is 141 Å². The van der Waals surface area contributed by atoms with Crippen molar-refractivity contribution in [2.75, 3.05) is 19.0 Å². The summed E-state index contributed by atoms with van der Waals surface area (Å²) in [5.74, 6) is 0.216. The maximum atomic E-state index is 12.6. The summed E-state index contributed by atoms with van der Waals surface area (Å²) in [6, 6.07) is 15.2. The fourth-order valence-corrected chi connectivity index (χ4v) is 2.79. The molecule has 0 atom stereocenters. The van der Waals surface area contributed by atoms with Gasteiger partial charge in [0.1, 0.15) is 0 Å². The van der Waals surface area contributed by atoms with Crippen LogP contribution in [0.1, 0.15) is 11.3 Å². The highest BCUT2D eigenvalue weighted by molar-refractivity contribution is 5.67. The highest BCUT2D eigenvalue weighted by Gasteiger charge is 2.27. The van der Waals surface area contributed by atoms with Crippen molar-refractivity contribution in [2.24, 2.45) is 0 Å². The van der Waals surface area contributed by atoms with Crippen LogP contribution in [0.15, 0.2) is 48.5 Å². The molecule has 0 saturated heterocycles. The van der Waals surface area contributed by atoms with Crippen LogP contribution in [0.3, 0.4) is 0 Å². The van der Waals surface area contributed by atoms with Crippen molar-refractivity contribution >= 4 is 5.69 Å². The minimum absolute atomic E-state index is 0.216. The van der Waals surface area contributed by atoms with E-state index in [4.69, 9.17) is 0 Å². The lowest BCUT2D eigenvalue weighted by Crippen LogP contribution is -2.30. The molecule has 0 aliphatic rings. The van der Waals surface area contributed by atoms with Crippen LogP contribution >= 0.6 is 0 Å². The number of benzene rings is 2.